The van der Waals surface area contributed by atoms with Gasteiger partial charge in [-0.15, -0.1) is 0 Å². The summed E-state index contributed by atoms with van der Waals surface area (Å²) in [6, 6.07) is 13.3. The normalized spacial score (nSPS) is 13.8. The van der Waals surface area contributed by atoms with E-state index in [9.17, 15) is 9.90 Å². The van der Waals surface area contributed by atoms with Crippen molar-refractivity contribution >= 4 is 16.9 Å². The third-order valence-corrected chi connectivity index (χ3v) is 7.01. The molecule has 9 heteroatoms. The molecule has 9 nitrogen and oxygen atoms in total. The van der Waals surface area contributed by atoms with E-state index in [2.05, 4.69) is 27.3 Å². The topological polar surface area (TPSA) is 108 Å². The molecule has 1 atom stereocenters. The molecule has 1 unspecified atom stereocenters. The number of aliphatic carboxylic acids is 1. The zero-order valence-electron chi connectivity index (χ0n) is 20.9. The van der Waals surface area contributed by atoms with Crippen molar-refractivity contribution in [3.8, 4) is 11.4 Å². The average molecular weight is 509 g/mol. The van der Waals surface area contributed by atoms with E-state index in [0.717, 1.165) is 52.9 Å². The highest BCUT2D eigenvalue weighted by molar-refractivity contribution is 5.81. The van der Waals surface area contributed by atoms with Crippen molar-refractivity contribution in [1.82, 2.24) is 29.5 Å². The maximum absolute atomic E-state index is 11.8. The van der Waals surface area contributed by atoms with Gasteiger partial charge in [-0.1, -0.05) is 6.07 Å². The van der Waals surface area contributed by atoms with Crippen LogP contribution in [0.5, 0.6) is 5.75 Å². The maximum atomic E-state index is 11.8. The number of carbonyl (C=O) groups is 1. The molecular formula is C29H28N6O3. The van der Waals surface area contributed by atoms with Crippen LogP contribution in [0.25, 0.3) is 16.6 Å². The van der Waals surface area contributed by atoms with Crippen LogP contribution in [0.2, 0.25) is 0 Å². The number of carboxylic acid groups (broad SMARTS) is 1. The molecule has 1 N–H and O–H groups in total. The summed E-state index contributed by atoms with van der Waals surface area (Å²) in [4.78, 5) is 20.6. The van der Waals surface area contributed by atoms with Crippen LogP contribution in [0.15, 0.2) is 73.4 Å². The lowest BCUT2D eigenvalue weighted by Crippen LogP contribution is -2.16. The Morgan fingerprint density at radius 1 is 1.03 bits per heavy atom. The van der Waals surface area contributed by atoms with Crippen LogP contribution in [0.3, 0.4) is 0 Å². The van der Waals surface area contributed by atoms with Crippen molar-refractivity contribution in [2.24, 2.45) is 0 Å². The van der Waals surface area contributed by atoms with Crippen LogP contribution in [-0.4, -0.2) is 47.2 Å². The monoisotopic (exact) mass is 508 g/mol. The molecule has 0 fully saturated rings. The predicted molar refractivity (Wildman–Crippen MR) is 142 cm³/mol. The molecule has 0 aliphatic heterocycles. The van der Waals surface area contributed by atoms with Crippen LogP contribution in [-0.2, 0) is 24.1 Å². The summed E-state index contributed by atoms with van der Waals surface area (Å²) in [5.41, 5.74) is 6.12. The first-order valence-electron chi connectivity index (χ1n) is 12.9. The van der Waals surface area contributed by atoms with Gasteiger partial charge in [0, 0.05) is 47.3 Å². The number of pyridine rings is 2. The van der Waals surface area contributed by atoms with E-state index in [1.807, 2.05) is 36.5 Å². The molecule has 0 bridgehead atoms. The van der Waals surface area contributed by atoms with E-state index < -0.39 is 12.0 Å². The highest BCUT2D eigenvalue weighted by Crippen LogP contribution is 2.29. The van der Waals surface area contributed by atoms with Crippen LogP contribution in [0.4, 0.5) is 0 Å². The SMILES string of the molecule is O=C(O)CC(c1cnn(-c2ccncc2)c1)n1ncc2cc(OCCc3ccc4c(n3)CCCC4)ccc21. The Balaban J connectivity index is 1.19. The van der Waals surface area contributed by atoms with Crippen molar-refractivity contribution in [1.29, 1.82) is 0 Å². The quantitative estimate of drug-likeness (QED) is 0.311. The van der Waals surface area contributed by atoms with E-state index in [1.54, 1.807) is 34.2 Å². The number of benzene rings is 1. The second-order valence-corrected chi connectivity index (χ2v) is 9.56. The molecule has 1 aromatic carbocycles. The van der Waals surface area contributed by atoms with Crippen LogP contribution >= 0.6 is 0 Å². The second-order valence-electron chi connectivity index (χ2n) is 9.56. The molecule has 0 radical (unpaired) electrons. The summed E-state index contributed by atoms with van der Waals surface area (Å²) >= 11 is 0. The maximum Gasteiger partial charge on any atom is 0.305 e. The van der Waals surface area contributed by atoms with Crippen LogP contribution < -0.4 is 4.74 Å². The summed E-state index contributed by atoms with van der Waals surface area (Å²) in [7, 11) is 0. The van der Waals surface area contributed by atoms with Gasteiger partial charge in [-0.3, -0.25) is 19.4 Å². The first-order valence-corrected chi connectivity index (χ1v) is 12.9. The highest BCUT2D eigenvalue weighted by atomic mass is 16.5. The van der Waals surface area contributed by atoms with Crippen molar-refractivity contribution in [3.05, 3.63) is 96.0 Å². The Hall–Kier alpha value is -4.53. The number of rotatable bonds is 9. The summed E-state index contributed by atoms with van der Waals surface area (Å²) in [5, 5.41) is 19.5. The minimum atomic E-state index is -0.911. The fourth-order valence-electron chi connectivity index (χ4n) is 5.07. The molecule has 5 aromatic rings. The smallest absolute Gasteiger partial charge is 0.305 e. The van der Waals surface area contributed by atoms with Gasteiger partial charge in [-0.25, -0.2) is 4.68 Å². The molecule has 6 rings (SSSR count). The van der Waals surface area contributed by atoms with Gasteiger partial charge in [0.15, 0.2) is 0 Å². The van der Waals surface area contributed by atoms with Crippen molar-refractivity contribution in [2.45, 2.75) is 44.6 Å². The van der Waals surface area contributed by atoms with Crippen molar-refractivity contribution < 1.29 is 14.6 Å². The largest absolute Gasteiger partial charge is 0.493 e. The number of hydrogen-bond donors (Lipinski definition) is 1. The second kappa shape index (κ2) is 10.5. The fourth-order valence-corrected chi connectivity index (χ4v) is 5.07. The summed E-state index contributed by atoms with van der Waals surface area (Å²) in [6.45, 7) is 0.529. The molecule has 192 valence electrons. The number of aryl methyl sites for hydroxylation is 2. The minimum Gasteiger partial charge on any atom is -0.493 e. The molecular weight excluding hydrogens is 480 g/mol. The van der Waals surface area contributed by atoms with Crippen molar-refractivity contribution in [2.75, 3.05) is 6.61 Å². The summed E-state index contributed by atoms with van der Waals surface area (Å²) < 4.78 is 9.50. The van der Waals surface area contributed by atoms with Gasteiger partial charge in [-0.05, 0) is 67.6 Å². The third-order valence-electron chi connectivity index (χ3n) is 7.01. The number of aromatic nitrogens is 6. The van der Waals surface area contributed by atoms with Crippen molar-refractivity contribution in [3.63, 3.8) is 0 Å². The molecule has 0 saturated carbocycles. The number of fused-ring (bicyclic) bond motifs is 2. The molecule has 1 aliphatic carbocycles. The summed E-state index contributed by atoms with van der Waals surface area (Å²) in [6.07, 6.45) is 13.9. The van der Waals surface area contributed by atoms with Gasteiger partial charge in [0.2, 0.25) is 0 Å². The van der Waals surface area contributed by atoms with Gasteiger partial charge in [0.25, 0.3) is 0 Å². The lowest BCUT2D eigenvalue weighted by molar-refractivity contribution is -0.137. The Morgan fingerprint density at radius 2 is 1.89 bits per heavy atom. The molecule has 38 heavy (non-hydrogen) atoms. The minimum absolute atomic E-state index is 0.120. The van der Waals surface area contributed by atoms with Gasteiger partial charge >= 0.3 is 5.97 Å². The number of ether oxygens (including phenoxy) is 1. The fraction of sp³-hybridized carbons (Fsp3) is 0.276. The Labute approximate surface area is 219 Å². The lowest BCUT2D eigenvalue weighted by atomic mass is 9.96. The lowest BCUT2D eigenvalue weighted by Gasteiger charge is -2.16. The Kier molecular flexibility index (Phi) is 6.56. The van der Waals surface area contributed by atoms with Gasteiger partial charge < -0.3 is 9.84 Å². The van der Waals surface area contributed by atoms with Crippen LogP contribution in [0, 0.1) is 0 Å². The number of carboxylic acids is 1. The molecule has 4 aromatic heterocycles. The third kappa shape index (κ3) is 5.00. The Bertz CT molecular complexity index is 1580. The zero-order chi connectivity index (χ0) is 25.9. The molecule has 1 aliphatic rings. The Morgan fingerprint density at radius 3 is 2.76 bits per heavy atom. The highest BCUT2D eigenvalue weighted by Gasteiger charge is 2.22. The summed E-state index contributed by atoms with van der Waals surface area (Å²) in [5.74, 6) is -0.165. The predicted octanol–water partition coefficient (Wildman–Crippen LogP) is 4.58. The van der Waals surface area contributed by atoms with Gasteiger partial charge in [-0.2, -0.15) is 10.2 Å². The van der Waals surface area contributed by atoms with Gasteiger partial charge in [0.05, 0.1) is 42.7 Å². The van der Waals surface area contributed by atoms with E-state index in [1.165, 1.54) is 24.1 Å². The first-order chi connectivity index (χ1) is 18.6. The molecule has 0 saturated heterocycles. The van der Waals surface area contributed by atoms with E-state index in [0.29, 0.717) is 6.61 Å². The first kappa shape index (κ1) is 23.8. The standard InChI is InChI=1S/C29H28N6O3/c36-29(37)16-28(22-18-31-34(19-22)24-9-12-30-13-10-24)35-27-8-7-25(15-21(27)17-32-35)38-14-11-23-6-5-20-3-1-2-4-26(20)33-23/h5-10,12-13,15,17-19,28H,1-4,11,14,16H2,(H,36,37). The number of hydrogen-bond acceptors (Lipinski definition) is 6. The molecule has 0 amide bonds. The average Bonchev–Trinajstić information content (AvgIpc) is 3.60. The van der Waals surface area contributed by atoms with E-state index in [-0.39, 0.29) is 6.42 Å². The molecule has 4 heterocycles. The molecule has 0 spiro atoms. The van der Waals surface area contributed by atoms with E-state index in [4.69, 9.17) is 9.72 Å². The van der Waals surface area contributed by atoms with E-state index >= 15 is 0 Å². The number of nitrogens with zero attached hydrogens (tertiary/aromatic N) is 6. The zero-order valence-corrected chi connectivity index (χ0v) is 20.9. The van der Waals surface area contributed by atoms with Gasteiger partial charge in [0.1, 0.15) is 5.75 Å². The van der Waals surface area contributed by atoms with Crippen LogP contribution in [0.1, 0.15) is 47.8 Å².